The maximum Gasteiger partial charge on any atom is 0.133 e. The summed E-state index contributed by atoms with van der Waals surface area (Å²) in [7, 11) is 2.03. The lowest BCUT2D eigenvalue weighted by Gasteiger charge is -2.32. The van der Waals surface area contributed by atoms with Gasteiger partial charge in [0, 0.05) is 16.7 Å². The molecule has 0 radical (unpaired) electrons. The largest absolute Gasteiger partial charge is 0.487 e. The molecule has 0 amide bonds. The van der Waals surface area contributed by atoms with E-state index in [1.165, 1.54) is 16.0 Å². The Morgan fingerprint density at radius 1 is 1.19 bits per heavy atom. The second-order valence-electron chi connectivity index (χ2n) is 5.44. The molecule has 0 aliphatic carbocycles. The van der Waals surface area contributed by atoms with E-state index >= 15 is 0 Å². The molecule has 0 aromatic heterocycles. The van der Waals surface area contributed by atoms with Crippen LogP contribution >= 0.6 is 11.8 Å². The van der Waals surface area contributed by atoms with Crippen molar-refractivity contribution < 1.29 is 4.74 Å². The summed E-state index contributed by atoms with van der Waals surface area (Å²) < 4.78 is 6.21. The quantitative estimate of drug-likeness (QED) is 0.930. The van der Waals surface area contributed by atoms with Gasteiger partial charge in [-0.1, -0.05) is 36.4 Å². The molecule has 1 aliphatic heterocycles. The molecule has 2 aromatic rings. The fourth-order valence-corrected chi connectivity index (χ4v) is 3.81. The number of para-hydroxylation sites is 1. The van der Waals surface area contributed by atoms with E-state index in [-0.39, 0.29) is 6.10 Å². The van der Waals surface area contributed by atoms with Gasteiger partial charge in [-0.15, -0.1) is 11.8 Å². The molecule has 0 spiro atoms. The molecule has 21 heavy (non-hydrogen) atoms. The van der Waals surface area contributed by atoms with Crippen molar-refractivity contribution in [3.05, 3.63) is 59.7 Å². The number of ether oxygens (including phenoxy) is 1. The zero-order valence-electron chi connectivity index (χ0n) is 12.5. The van der Waals surface area contributed by atoms with Gasteiger partial charge < -0.3 is 10.1 Å². The molecule has 1 N–H and O–H groups in total. The SMILES string of the molecule is CNC(Cc1ccccc1C)C1CSc2ccccc2O1. The van der Waals surface area contributed by atoms with Crippen LogP contribution in [0.5, 0.6) is 5.75 Å². The zero-order valence-corrected chi connectivity index (χ0v) is 13.3. The molecule has 0 bridgehead atoms. The summed E-state index contributed by atoms with van der Waals surface area (Å²) in [6.07, 6.45) is 1.20. The van der Waals surface area contributed by atoms with Gasteiger partial charge in [0.2, 0.25) is 0 Å². The van der Waals surface area contributed by atoms with Crippen LogP contribution in [-0.4, -0.2) is 24.9 Å². The second kappa shape index (κ2) is 6.54. The van der Waals surface area contributed by atoms with Crippen molar-refractivity contribution in [2.75, 3.05) is 12.8 Å². The van der Waals surface area contributed by atoms with E-state index in [9.17, 15) is 0 Å². The molecule has 1 heterocycles. The van der Waals surface area contributed by atoms with Gasteiger partial charge in [-0.25, -0.2) is 0 Å². The van der Waals surface area contributed by atoms with Gasteiger partial charge in [0.25, 0.3) is 0 Å². The summed E-state index contributed by atoms with van der Waals surface area (Å²) in [5.41, 5.74) is 2.74. The molecule has 110 valence electrons. The van der Waals surface area contributed by atoms with Gasteiger partial charge >= 0.3 is 0 Å². The number of thioether (sulfide) groups is 1. The van der Waals surface area contributed by atoms with Crippen molar-refractivity contribution >= 4 is 11.8 Å². The fraction of sp³-hybridized carbons (Fsp3) is 0.333. The minimum atomic E-state index is 0.203. The maximum atomic E-state index is 6.21. The first-order chi connectivity index (χ1) is 10.3. The number of hydrogen-bond acceptors (Lipinski definition) is 3. The number of hydrogen-bond donors (Lipinski definition) is 1. The van der Waals surface area contributed by atoms with Crippen LogP contribution in [0.25, 0.3) is 0 Å². The Morgan fingerprint density at radius 3 is 2.76 bits per heavy atom. The van der Waals surface area contributed by atoms with Crippen molar-refractivity contribution in [1.29, 1.82) is 0 Å². The second-order valence-corrected chi connectivity index (χ2v) is 6.50. The van der Waals surface area contributed by atoms with E-state index in [2.05, 4.69) is 54.7 Å². The molecule has 2 unspecified atom stereocenters. The topological polar surface area (TPSA) is 21.3 Å². The molecule has 2 atom stereocenters. The lowest BCUT2D eigenvalue weighted by Crippen LogP contribution is -2.45. The maximum absolute atomic E-state index is 6.21. The summed E-state index contributed by atoms with van der Waals surface area (Å²) >= 11 is 1.89. The molecule has 0 fully saturated rings. The third-order valence-electron chi connectivity index (χ3n) is 4.05. The molecule has 0 saturated carbocycles. The van der Waals surface area contributed by atoms with Crippen LogP contribution in [0.3, 0.4) is 0 Å². The summed E-state index contributed by atoms with van der Waals surface area (Å²) in [6, 6.07) is 17.2. The van der Waals surface area contributed by atoms with Crippen molar-refractivity contribution in [2.45, 2.75) is 30.4 Å². The Balaban J connectivity index is 1.74. The summed E-state index contributed by atoms with van der Waals surface area (Å²) in [6.45, 7) is 2.17. The number of nitrogens with one attached hydrogen (secondary N) is 1. The van der Waals surface area contributed by atoms with Crippen LogP contribution in [0.15, 0.2) is 53.4 Å². The molecule has 0 saturated heterocycles. The average molecular weight is 299 g/mol. The highest BCUT2D eigenvalue weighted by molar-refractivity contribution is 7.99. The predicted octanol–water partition coefficient (Wildman–Crippen LogP) is 3.68. The van der Waals surface area contributed by atoms with Gasteiger partial charge in [0.1, 0.15) is 11.9 Å². The fourth-order valence-electron chi connectivity index (χ4n) is 2.73. The first-order valence-corrected chi connectivity index (χ1v) is 8.36. The summed E-state index contributed by atoms with van der Waals surface area (Å²) in [5, 5.41) is 3.44. The first kappa shape index (κ1) is 14.5. The van der Waals surface area contributed by atoms with E-state index in [1.807, 2.05) is 24.9 Å². The average Bonchev–Trinajstić information content (AvgIpc) is 2.54. The van der Waals surface area contributed by atoms with Crippen molar-refractivity contribution in [1.82, 2.24) is 5.32 Å². The summed E-state index contributed by atoms with van der Waals surface area (Å²) in [4.78, 5) is 1.25. The smallest absolute Gasteiger partial charge is 0.133 e. The van der Waals surface area contributed by atoms with Gasteiger partial charge in [-0.05, 0) is 43.7 Å². The summed E-state index contributed by atoms with van der Waals surface area (Å²) in [5.74, 6) is 2.01. The van der Waals surface area contributed by atoms with Gasteiger partial charge in [-0.3, -0.25) is 0 Å². The van der Waals surface area contributed by atoms with Crippen molar-refractivity contribution in [3.63, 3.8) is 0 Å². The number of benzene rings is 2. The van der Waals surface area contributed by atoms with Gasteiger partial charge in [-0.2, -0.15) is 0 Å². The van der Waals surface area contributed by atoms with Crippen LogP contribution in [-0.2, 0) is 6.42 Å². The Kier molecular flexibility index (Phi) is 4.51. The molecular weight excluding hydrogens is 278 g/mol. The number of fused-ring (bicyclic) bond motifs is 1. The highest BCUT2D eigenvalue weighted by Gasteiger charge is 2.27. The monoisotopic (exact) mass is 299 g/mol. The minimum Gasteiger partial charge on any atom is -0.487 e. The highest BCUT2D eigenvalue weighted by atomic mass is 32.2. The molecule has 2 nitrogen and oxygen atoms in total. The molecular formula is C18H21NOS. The Labute approximate surface area is 130 Å². The standard InChI is InChI=1S/C18H21NOS/c1-13-7-3-4-8-14(13)11-15(19-2)17-12-21-18-10-6-5-9-16(18)20-17/h3-10,15,17,19H,11-12H2,1-2H3. The first-order valence-electron chi connectivity index (χ1n) is 7.38. The molecule has 2 aromatic carbocycles. The van der Waals surface area contributed by atoms with E-state index in [0.717, 1.165) is 17.9 Å². The zero-order chi connectivity index (χ0) is 14.7. The Bertz CT molecular complexity index is 614. The van der Waals surface area contributed by atoms with Crippen LogP contribution < -0.4 is 10.1 Å². The normalized spacial score (nSPS) is 18.7. The third-order valence-corrected chi connectivity index (χ3v) is 5.19. The van der Waals surface area contributed by atoms with Crippen LogP contribution in [0.2, 0.25) is 0 Å². The van der Waals surface area contributed by atoms with Gasteiger partial charge in [0.15, 0.2) is 0 Å². The third kappa shape index (κ3) is 3.25. The van der Waals surface area contributed by atoms with E-state index < -0.39 is 0 Å². The predicted molar refractivity (Wildman–Crippen MR) is 89.3 cm³/mol. The number of likely N-dealkylation sites (N-methyl/N-ethyl adjacent to an activating group) is 1. The minimum absolute atomic E-state index is 0.203. The lowest BCUT2D eigenvalue weighted by atomic mass is 9.98. The molecule has 3 rings (SSSR count). The van der Waals surface area contributed by atoms with Crippen LogP contribution in [0.4, 0.5) is 0 Å². The Morgan fingerprint density at radius 2 is 1.95 bits per heavy atom. The van der Waals surface area contributed by atoms with Crippen LogP contribution in [0, 0.1) is 6.92 Å². The van der Waals surface area contributed by atoms with Gasteiger partial charge in [0.05, 0.1) is 0 Å². The Hall–Kier alpha value is -1.45. The highest BCUT2D eigenvalue weighted by Crippen LogP contribution is 2.36. The molecule has 1 aliphatic rings. The van der Waals surface area contributed by atoms with E-state index in [0.29, 0.717) is 6.04 Å². The van der Waals surface area contributed by atoms with E-state index in [4.69, 9.17) is 4.74 Å². The van der Waals surface area contributed by atoms with Crippen LogP contribution in [0.1, 0.15) is 11.1 Å². The lowest BCUT2D eigenvalue weighted by molar-refractivity contribution is 0.169. The van der Waals surface area contributed by atoms with Crippen molar-refractivity contribution in [2.24, 2.45) is 0 Å². The molecule has 3 heteroatoms. The number of rotatable bonds is 4. The van der Waals surface area contributed by atoms with E-state index in [1.54, 1.807) is 0 Å². The number of aryl methyl sites for hydroxylation is 1. The van der Waals surface area contributed by atoms with Crippen molar-refractivity contribution in [3.8, 4) is 5.75 Å².